The number of ether oxygens (including phenoxy) is 9. The molecule has 9 heterocycles. The van der Waals surface area contributed by atoms with Crippen LogP contribution in [0.5, 0.6) is 0 Å². The van der Waals surface area contributed by atoms with Crippen LogP contribution >= 0.6 is 0 Å². The van der Waals surface area contributed by atoms with Gasteiger partial charge in [-0.1, -0.05) is 182 Å². The van der Waals surface area contributed by atoms with Gasteiger partial charge in [-0.2, -0.15) is 0 Å². The summed E-state index contributed by atoms with van der Waals surface area (Å²) in [4.78, 5) is 61.6. The molecule has 5 aliphatic heterocycles. The number of fused-ring (bicyclic) bond motifs is 20. The molecule has 10 atom stereocenters. The summed E-state index contributed by atoms with van der Waals surface area (Å²) >= 11 is 0. The zero-order valence-electron chi connectivity index (χ0n) is 64.6. The van der Waals surface area contributed by atoms with Crippen LogP contribution in [0, 0.1) is 47.6 Å². The maximum Gasteiger partial charge on any atom is 0.259 e. The molecule has 3 fully saturated rings. The zero-order valence-corrected chi connectivity index (χ0v) is 64.6. The van der Waals surface area contributed by atoms with Crippen LogP contribution in [0.3, 0.4) is 0 Å². The molecular weight excluding hydrogens is 1580 g/mol. The molecule has 1 spiro atoms. The summed E-state index contributed by atoms with van der Waals surface area (Å²) in [7, 11) is 0. The zero-order chi connectivity index (χ0) is 83.5. The van der Waals surface area contributed by atoms with Gasteiger partial charge in [-0.15, -0.1) is 0 Å². The summed E-state index contributed by atoms with van der Waals surface area (Å²) in [6.07, 6.45) is -10.3. The van der Waals surface area contributed by atoms with Crippen LogP contribution in [0.1, 0.15) is 92.8 Å². The Kier molecular flexibility index (Phi) is 20.0. The lowest BCUT2D eigenvalue weighted by Crippen LogP contribution is -2.60. The molecule has 10 unspecified atom stereocenters. The van der Waals surface area contributed by atoms with Crippen LogP contribution in [-0.4, -0.2) is 110 Å². The van der Waals surface area contributed by atoms with Crippen molar-refractivity contribution in [2.75, 3.05) is 13.2 Å². The average Bonchev–Trinajstić information content (AvgIpc) is 1.52. The number of imide groups is 2. The van der Waals surface area contributed by atoms with E-state index in [4.69, 9.17) is 42.6 Å². The van der Waals surface area contributed by atoms with Crippen LogP contribution in [0.2, 0.25) is 0 Å². The molecule has 5 N–H and O–H groups in total. The maximum atomic E-state index is 15.7. The molecule has 27 heteroatoms. The number of hydrogen-bond donors (Lipinski definition) is 5. The highest BCUT2D eigenvalue weighted by Crippen LogP contribution is 2.54. The molecule has 21 rings (SSSR count). The number of aryl methyl sites for hydroxylation is 1. The van der Waals surface area contributed by atoms with Crippen LogP contribution in [0.25, 0.3) is 87.2 Å². The van der Waals surface area contributed by atoms with E-state index in [2.05, 4.69) is 20.6 Å². The molecule has 16 aromatic rings. The lowest BCUT2D eigenvalue weighted by molar-refractivity contribution is -0.313. The lowest BCUT2D eigenvalue weighted by atomic mass is 9.95. The summed E-state index contributed by atoms with van der Waals surface area (Å²) in [5, 5.41) is 18.0. The third-order valence-corrected chi connectivity index (χ3v) is 23.4. The molecule has 0 bridgehead atoms. The van der Waals surface area contributed by atoms with Gasteiger partial charge >= 0.3 is 0 Å². The van der Waals surface area contributed by atoms with Crippen LogP contribution in [0.15, 0.2) is 231 Å². The molecule has 5 aliphatic rings. The SMILES string of the molecule is Cc1cc2[nH]c3c(c4c(c5c6cc(F)c(F)cc6n(C6OC7(CO7)C(OCc7ccccc7)C(OCc7ccccc7)C6OCc6ccccc6)c35)C(=O)NC4=O)c2cc1F.O=C1NC(=O)c2c1c1c3cc(F)c(F)cc3[nH]c1c1c2c2cc(F)c(F)cc2n1C1OC(COCc2ccccc2)C(O)C(OCc2ccccc2)C1OCc1ccccc1. The number of H-pyrrole nitrogens is 2. The third-order valence-electron chi connectivity index (χ3n) is 23.4. The molecular formula is C95H71F7N6O14. The fourth-order valence-corrected chi connectivity index (χ4v) is 17.7. The smallest absolute Gasteiger partial charge is 0.259 e. The number of benzene rings is 12. The minimum absolute atomic E-state index is 0.00679. The highest BCUT2D eigenvalue weighted by Gasteiger charge is 2.66. The van der Waals surface area contributed by atoms with E-state index in [1.807, 2.05) is 182 Å². The van der Waals surface area contributed by atoms with Gasteiger partial charge in [0.25, 0.3) is 23.6 Å². The highest BCUT2D eigenvalue weighted by atomic mass is 19.2. The van der Waals surface area contributed by atoms with Gasteiger partial charge < -0.3 is 66.8 Å². The van der Waals surface area contributed by atoms with Gasteiger partial charge in [0, 0.05) is 72.3 Å². The summed E-state index contributed by atoms with van der Waals surface area (Å²) in [5.74, 6) is -12.2. The van der Waals surface area contributed by atoms with Crippen molar-refractivity contribution in [1.82, 2.24) is 29.7 Å². The number of epoxide rings is 1. The van der Waals surface area contributed by atoms with E-state index in [0.717, 1.165) is 69.8 Å². The van der Waals surface area contributed by atoms with Crippen molar-refractivity contribution < 1.29 is 97.6 Å². The van der Waals surface area contributed by atoms with Crippen LogP contribution in [0.4, 0.5) is 30.7 Å². The monoisotopic (exact) mass is 1650 g/mol. The number of nitrogens with one attached hydrogen (secondary N) is 4. The Bertz CT molecular complexity index is 6880. The number of hydrogen-bond acceptors (Lipinski definition) is 14. The Hall–Kier alpha value is -12.8. The minimum Gasteiger partial charge on any atom is -0.387 e. The van der Waals surface area contributed by atoms with E-state index in [1.54, 1.807) is 17.6 Å². The van der Waals surface area contributed by atoms with Crippen LogP contribution in [-0.2, 0) is 82.3 Å². The number of nitrogens with zero attached hydrogens (tertiary/aromatic N) is 2. The largest absolute Gasteiger partial charge is 0.387 e. The average molecular weight is 1650 g/mol. The third kappa shape index (κ3) is 13.6. The molecule has 0 radical (unpaired) electrons. The number of aromatic nitrogens is 4. The van der Waals surface area contributed by atoms with E-state index in [-0.39, 0.29) is 146 Å². The number of amides is 4. The predicted octanol–water partition coefficient (Wildman–Crippen LogP) is 17.6. The first kappa shape index (κ1) is 77.8. The summed E-state index contributed by atoms with van der Waals surface area (Å²) < 4.78 is 171. The first-order chi connectivity index (χ1) is 59.3. The Morgan fingerprint density at radius 2 is 0.746 bits per heavy atom. The first-order valence-electron chi connectivity index (χ1n) is 39.5. The summed E-state index contributed by atoms with van der Waals surface area (Å²) in [5.41, 5.74) is 6.51. The Balaban J connectivity index is 0.000000155. The molecule has 20 nitrogen and oxygen atoms in total. The molecule has 0 aliphatic carbocycles. The quantitative estimate of drug-likeness (QED) is 0.0255. The van der Waals surface area contributed by atoms with E-state index < -0.39 is 125 Å². The molecule has 4 aromatic heterocycles. The Morgan fingerprint density at radius 1 is 0.402 bits per heavy atom. The van der Waals surface area contributed by atoms with Crippen molar-refractivity contribution in [2.45, 2.75) is 108 Å². The number of aromatic amines is 2. The van der Waals surface area contributed by atoms with E-state index in [9.17, 15) is 33.1 Å². The molecule has 0 saturated carbocycles. The van der Waals surface area contributed by atoms with Crippen molar-refractivity contribution in [3.05, 3.63) is 332 Å². The fourth-order valence-electron chi connectivity index (χ4n) is 17.7. The van der Waals surface area contributed by atoms with Crippen molar-refractivity contribution in [2.24, 2.45) is 0 Å². The number of aliphatic hydroxyl groups excluding tert-OH is 1. The Labute approximate surface area is 688 Å². The first-order valence-corrected chi connectivity index (χ1v) is 39.5. The maximum absolute atomic E-state index is 15.7. The topological polar surface area (TPSA) is 240 Å². The summed E-state index contributed by atoms with van der Waals surface area (Å²) in [6, 6.07) is 65.3. The van der Waals surface area contributed by atoms with Crippen molar-refractivity contribution >= 4 is 111 Å². The molecule has 12 aromatic carbocycles. The number of rotatable bonds is 21. The number of carbonyl (C=O) groups is 4. The Morgan fingerprint density at radius 3 is 1.18 bits per heavy atom. The predicted molar refractivity (Wildman–Crippen MR) is 436 cm³/mol. The van der Waals surface area contributed by atoms with Gasteiger partial charge in [-0.25, -0.2) is 30.7 Å². The van der Waals surface area contributed by atoms with Gasteiger partial charge in [-0.3, -0.25) is 29.8 Å². The second kappa shape index (κ2) is 31.4. The van der Waals surface area contributed by atoms with Gasteiger partial charge in [0.15, 0.2) is 47.4 Å². The standard InChI is InChI=1S/C48H36F3N3O7.C47H35F4N3O7/c1-25-17-34-29(18-31(25)49)36-38-39(46(56)53-45(38)55)37-30-19-32(50)33(51)20-35(30)54(41(37)40(36)52-34)47-43(58-22-27-13-7-3-8-14-27)42(57-21-26-11-5-2-6-12-26)44(48(61-47)24-60-48)59-23-28-15-9-4-10-16-28;48-29-16-27-33(18-31(29)50)52-40-36(27)38-39(46(57)53-45(38)56)37-28-17-30(49)32(51)19-34(28)54(41(37)40)47-44(60-22-26-14-8-3-9-15-26)43(59-21-25-12-6-2-7-13-25)42(55)35(61-47)23-58-20-24-10-4-1-5-11-24/h2-20,42-44,47,52H,21-24H2,1H3,(H,53,55,56);1-19,35,42-44,47,52,55H,20-23H2,(H,53,56,57). The van der Waals surface area contributed by atoms with Crippen molar-refractivity contribution in [3.63, 3.8) is 0 Å². The second-order valence-corrected chi connectivity index (χ2v) is 31.0. The fraction of sp³-hybridized carbons (Fsp3) is 0.200. The van der Waals surface area contributed by atoms with Crippen molar-refractivity contribution in [1.29, 1.82) is 0 Å². The summed E-state index contributed by atoms with van der Waals surface area (Å²) in [6.45, 7) is 2.16. The molecule has 3 saturated heterocycles. The highest BCUT2D eigenvalue weighted by molar-refractivity contribution is 6.41. The van der Waals surface area contributed by atoms with Crippen molar-refractivity contribution in [3.8, 4) is 0 Å². The normalized spacial score (nSPS) is 21.3. The van der Waals surface area contributed by atoms with E-state index in [1.165, 1.54) is 10.6 Å². The van der Waals surface area contributed by atoms with Crippen LogP contribution < -0.4 is 10.6 Å². The molecule has 4 amide bonds. The lowest BCUT2D eigenvalue weighted by Gasteiger charge is -2.46. The second-order valence-electron chi connectivity index (χ2n) is 31.0. The van der Waals surface area contributed by atoms with Gasteiger partial charge in [0.05, 0.1) is 102 Å². The number of carbonyl (C=O) groups excluding carboxylic acids is 4. The molecule has 122 heavy (non-hydrogen) atoms. The van der Waals surface area contributed by atoms with Gasteiger partial charge in [-0.05, 0) is 76.2 Å². The number of aliphatic hydroxyl groups is 1. The molecule has 614 valence electrons. The van der Waals surface area contributed by atoms with E-state index in [0.29, 0.717) is 22.0 Å². The number of halogens is 7. The minimum atomic E-state index is -1.39. The van der Waals surface area contributed by atoms with Gasteiger partial charge in [0.1, 0.15) is 55.2 Å². The van der Waals surface area contributed by atoms with E-state index >= 15 is 22.0 Å². The van der Waals surface area contributed by atoms with Gasteiger partial charge in [0.2, 0.25) is 5.79 Å².